The molecule has 0 saturated heterocycles. The largest absolute Gasteiger partial charge is 0.466 e. The maximum absolute atomic E-state index is 11.7. The van der Waals surface area contributed by atoms with Gasteiger partial charge in [0.15, 0.2) is 0 Å². The molecular formula is C25H50O2. The Bertz CT molecular complexity index is 288. The van der Waals surface area contributed by atoms with Gasteiger partial charge in [-0.3, -0.25) is 4.79 Å². The van der Waals surface area contributed by atoms with Gasteiger partial charge in [-0.15, -0.1) is 0 Å². The van der Waals surface area contributed by atoms with Crippen LogP contribution in [0.15, 0.2) is 0 Å². The number of carbonyl (C=O) groups is 1. The number of hydrogen-bond acceptors (Lipinski definition) is 2. The highest BCUT2D eigenvalue weighted by atomic mass is 16.5. The number of unbranched alkanes of at least 4 members (excludes halogenated alkanes) is 18. The van der Waals surface area contributed by atoms with Gasteiger partial charge in [0.05, 0.1) is 6.61 Å². The standard InChI is InChI=1S/C25H50O2/c1-3-5-7-9-11-12-13-14-15-16-18-20-22-24-27-25(26)23-21-19-17-10-8-6-4-2/h3-24H2,1-2H3. The average Bonchev–Trinajstić information content (AvgIpc) is 2.67. The van der Waals surface area contributed by atoms with Crippen LogP contribution in [0.5, 0.6) is 0 Å². The van der Waals surface area contributed by atoms with Crippen molar-refractivity contribution in [1.82, 2.24) is 0 Å². The number of hydrogen-bond donors (Lipinski definition) is 0. The monoisotopic (exact) mass is 382 g/mol. The van der Waals surface area contributed by atoms with Crippen LogP contribution in [0.1, 0.15) is 149 Å². The third-order valence-corrected chi connectivity index (χ3v) is 5.50. The smallest absolute Gasteiger partial charge is 0.305 e. The third kappa shape index (κ3) is 23.4. The second kappa shape index (κ2) is 23.5. The average molecular weight is 383 g/mol. The molecule has 0 aliphatic heterocycles. The molecule has 0 N–H and O–H groups in total. The van der Waals surface area contributed by atoms with Crippen LogP contribution in [0.2, 0.25) is 0 Å². The van der Waals surface area contributed by atoms with E-state index in [1.165, 1.54) is 116 Å². The highest BCUT2D eigenvalue weighted by molar-refractivity contribution is 5.69. The summed E-state index contributed by atoms with van der Waals surface area (Å²) in [6, 6.07) is 0. The zero-order chi connectivity index (χ0) is 19.8. The van der Waals surface area contributed by atoms with Crippen LogP contribution in [0, 0.1) is 0 Å². The molecule has 2 nitrogen and oxygen atoms in total. The molecule has 0 amide bonds. The normalized spacial score (nSPS) is 11.0. The predicted octanol–water partition coefficient (Wildman–Crippen LogP) is 8.76. The van der Waals surface area contributed by atoms with Crippen LogP contribution in [0.25, 0.3) is 0 Å². The van der Waals surface area contributed by atoms with E-state index < -0.39 is 0 Å². The zero-order valence-electron chi connectivity index (χ0n) is 18.9. The van der Waals surface area contributed by atoms with Crippen LogP contribution >= 0.6 is 0 Å². The molecule has 0 fully saturated rings. The molecule has 0 heterocycles. The summed E-state index contributed by atoms with van der Waals surface area (Å²) in [7, 11) is 0. The summed E-state index contributed by atoms with van der Waals surface area (Å²) in [5.74, 6) is 0.0162. The van der Waals surface area contributed by atoms with Gasteiger partial charge in [-0.25, -0.2) is 0 Å². The second-order valence-electron chi connectivity index (χ2n) is 8.33. The van der Waals surface area contributed by atoms with Crippen molar-refractivity contribution in [3.63, 3.8) is 0 Å². The molecule has 2 heteroatoms. The van der Waals surface area contributed by atoms with Crippen LogP contribution < -0.4 is 0 Å². The molecule has 0 bridgehead atoms. The van der Waals surface area contributed by atoms with Crippen molar-refractivity contribution in [2.75, 3.05) is 6.61 Å². The van der Waals surface area contributed by atoms with E-state index in [1.807, 2.05) is 0 Å². The van der Waals surface area contributed by atoms with Crippen molar-refractivity contribution in [3.8, 4) is 0 Å². The van der Waals surface area contributed by atoms with E-state index in [1.54, 1.807) is 0 Å². The van der Waals surface area contributed by atoms with Crippen LogP contribution in [-0.2, 0) is 9.53 Å². The fourth-order valence-electron chi connectivity index (χ4n) is 3.60. The van der Waals surface area contributed by atoms with Crippen molar-refractivity contribution in [1.29, 1.82) is 0 Å². The summed E-state index contributed by atoms with van der Waals surface area (Å²) in [6.07, 6.45) is 27.0. The van der Waals surface area contributed by atoms with Gasteiger partial charge in [-0.2, -0.15) is 0 Å². The van der Waals surface area contributed by atoms with Crippen molar-refractivity contribution in [3.05, 3.63) is 0 Å². The Labute approximate surface area is 171 Å². The molecule has 0 spiro atoms. The fraction of sp³-hybridized carbons (Fsp3) is 0.960. The quantitative estimate of drug-likeness (QED) is 0.138. The van der Waals surface area contributed by atoms with E-state index in [2.05, 4.69) is 13.8 Å². The van der Waals surface area contributed by atoms with Crippen molar-refractivity contribution in [2.45, 2.75) is 149 Å². The zero-order valence-corrected chi connectivity index (χ0v) is 18.9. The summed E-state index contributed by atoms with van der Waals surface area (Å²) in [5.41, 5.74) is 0. The van der Waals surface area contributed by atoms with E-state index in [-0.39, 0.29) is 5.97 Å². The first-order valence-corrected chi connectivity index (χ1v) is 12.5. The minimum Gasteiger partial charge on any atom is -0.466 e. The molecule has 0 aromatic heterocycles. The molecule has 0 saturated carbocycles. The van der Waals surface area contributed by atoms with Crippen molar-refractivity contribution in [2.24, 2.45) is 0 Å². The Morgan fingerprint density at radius 1 is 0.481 bits per heavy atom. The first-order valence-electron chi connectivity index (χ1n) is 12.5. The van der Waals surface area contributed by atoms with Gasteiger partial charge in [-0.05, 0) is 12.8 Å². The van der Waals surface area contributed by atoms with Gasteiger partial charge >= 0.3 is 5.97 Å². The Balaban J connectivity index is 3.11. The van der Waals surface area contributed by atoms with Gasteiger partial charge in [-0.1, -0.05) is 129 Å². The molecule has 162 valence electrons. The molecule has 0 rings (SSSR count). The van der Waals surface area contributed by atoms with Crippen LogP contribution in [-0.4, -0.2) is 12.6 Å². The first kappa shape index (κ1) is 26.5. The highest BCUT2D eigenvalue weighted by Gasteiger charge is 2.02. The summed E-state index contributed by atoms with van der Waals surface area (Å²) < 4.78 is 5.35. The van der Waals surface area contributed by atoms with Crippen molar-refractivity contribution < 1.29 is 9.53 Å². The summed E-state index contributed by atoms with van der Waals surface area (Å²) in [4.78, 5) is 11.7. The lowest BCUT2D eigenvalue weighted by Gasteiger charge is -2.05. The molecule has 27 heavy (non-hydrogen) atoms. The lowest BCUT2D eigenvalue weighted by atomic mass is 10.0. The van der Waals surface area contributed by atoms with E-state index in [4.69, 9.17) is 4.74 Å². The Morgan fingerprint density at radius 3 is 1.22 bits per heavy atom. The maximum Gasteiger partial charge on any atom is 0.305 e. The maximum atomic E-state index is 11.7. The molecule has 0 aliphatic rings. The van der Waals surface area contributed by atoms with E-state index in [0.29, 0.717) is 13.0 Å². The van der Waals surface area contributed by atoms with Crippen LogP contribution in [0.4, 0.5) is 0 Å². The minimum absolute atomic E-state index is 0.0162. The van der Waals surface area contributed by atoms with E-state index in [9.17, 15) is 4.79 Å². The predicted molar refractivity (Wildman–Crippen MR) is 119 cm³/mol. The fourth-order valence-corrected chi connectivity index (χ4v) is 3.60. The Hall–Kier alpha value is -0.530. The number of ether oxygens (including phenoxy) is 1. The lowest BCUT2D eigenvalue weighted by Crippen LogP contribution is -2.05. The molecule has 0 atom stereocenters. The number of esters is 1. The van der Waals surface area contributed by atoms with Gasteiger partial charge in [0.25, 0.3) is 0 Å². The molecule has 0 aromatic rings. The Kier molecular flexibility index (Phi) is 23.0. The van der Waals surface area contributed by atoms with Gasteiger partial charge in [0, 0.05) is 6.42 Å². The minimum atomic E-state index is 0.0162. The van der Waals surface area contributed by atoms with Gasteiger partial charge in [0.2, 0.25) is 0 Å². The second-order valence-corrected chi connectivity index (χ2v) is 8.33. The van der Waals surface area contributed by atoms with Crippen molar-refractivity contribution >= 4 is 5.97 Å². The van der Waals surface area contributed by atoms with Gasteiger partial charge < -0.3 is 4.74 Å². The van der Waals surface area contributed by atoms with Crippen LogP contribution in [0.3, 0.4) is 0 Å². The summed E-state index contributed by atoms with van der Waals surface area (Å²) in [6.45, 7) is 5.15. The molecule has 0 radical (unpaired) electrons. The molecule has 0 aromatic carbocycles. The first-order chi connectivity index (χ1) is 13.3. The third-order valence-electron chi connectivity index (χ3n) is 5.50. The molecule has 0 aliphatic carbocycles. The SMILES string of the molecule is CCCCCCCCCCCCCCCOC(=O)CCCCCCCCC. The summed E-state index contributed by atoms with van der Waals surface area (Å²) >= 11 is 0. The topological polar surface area (TPSA) is 26.3 Å². The highest BCUT2D eigenvalue weighted by Crippen LogP contribution is 2.13. The summed E-state index contributed by atoms with van der Waals surface area (Å²) in [5, 5.41) is 0. The number of carbonyl (C=O) groups excluding carboxylic acids is 1. The van der Waals surface area contributed by atoms with Gasteiger partial charge in [0.1, 0.15) is 0 Å². The van der Waals surface area contributed by atoms with E-state index >= 15 is 0 Å². The Morgan fingerprint density at radius 2 is 0.815 bits per heavy atom. The number of rotatable bonds is 22. The van der Waals surface area contributed by atoms with E-state index in [0.717, 1.165) is 12.8 Å². The molecule has 0 unspecified atom stereocenters. The molecular weight excluding hydrogens is 332 g/mol. The lowest BCUT2D eigenvalue weighted by molar-refractivity contribution is -0.143.